The van der Waals surface area contributed by atoms with Crippen LogP contribution in [0.25, 0.3) is 0 Å². The molecule has 3 aromatic rings. The Hall–Kier alpha value is -2.69. The van der Waals surface area contributed by atoms with Crippen LogP contribution < -0.4 is 4.74 Å². The van der Waals surface area contributed by atoms with Crippen LogP contribution in [0.4, 0.5) is 8.78 Å². The molecule has 4 rings (SSSR count). The highest BCUT2D eigenvalue weighted by atomic mass is 35.5. The maximum absolute atomic E-state index is 13.4. The second-order valence-corrected chi connectivity index (χ2v) is 8.46. The average molecular weight is 454 g/mol. The Bertz CT molecular complexity index is 1000. The molecule has 2 nitrogen and oxygen atoms in total. The smallest absolute Gasteiger partial charge is 0.145 e. The van der Waals surface area contributed by atoms with Crippen molar-refractivity contribution in [3.05, 3.63) is 112 Å². The van der Waals surface area contributed by atoms with E-state index in [1.165, 1.54) is 24.3 Å². The molecule has 0 amide bonds. The van der Waals surface area contributed by atoms with Crippen molar-refractivity contribution in [2.45, 2.75) is 25.2 Å². The average Bonchev–Trinajstić information content (AvgIpc) is 2.81. The summed E-state index contributed by atoms with van der Waals surface area (Å²) in [6.07, 6.45) is 4.84. The Morgan fingerprint density at radius 2 is 1.50 bits per heavy atom. The molecule has 0 unspecified atom stereocenters. The molecule has 166 valence electrons. The van der Waals surface area contributed by atoms with Gasteiger partial charge in [0.05, 0.1) is 5.02 Å². The molecule has 0 bridgehead atoms. The molecular formula is C27H26ClF2NO. The number of benzene rings is 3. The van der Waals surface area contributed by atoms with E-state index in [1.807, 2.05) is 48.5 Å². The lowest BCUT2D eigenvalue weighted by Crippen LogP contribution is -2.30. The number of rotatable bonds is 8. The second-order valence-electron chi connectivity index (χ2n) is 8.05. The van der Waals surface area contributed by atoms with Crippen LogP contribution >= 0.6 is 11.6 Å². The third kappa shape index (κ3) is 5.96. The minimum atomic E-state index is -0.249. The number of ether oxygens (including phenoxy) is 1. The van der Waals surface area contributed by atoms with Crippen molar-refractivity contribution in [1.29, 1.82) is 0 Å². The molecule has 1 heterocycles. The van der Waals surface area contributed by atoms with E-state index < -0.39 is 0 Å². The van der Waals surface area contributed by atoms with Crippen LogP contribution in [-0.2, 0) is 0 Å². The molecular weight excluding hydrogens is 428 g/mol. The van der Waals surface area contributed by atoms with Gasteiger partial charge in [-0.3, -0.25) is 4.90 Å². The minimum absolute atomic E-state index is 0.107. The first-order valence-corrected chi connectivity index (χ1v) is 11.3. The summed E-state index contributed by atoms with van der Waals surface area (Å²) in [4.78, 5) is 2.39. The Labute approximate surface area is 193 Å². The molecule has 1 aliphatic rings. The number of hydrogen-bond acceptors (Lipinski definition) is 2. The highest BCUT2D eigenvalue weighted by Gasteiger charge is 2.17. The second kappa shape index (κ2) is 10.8. The lowest BCUT2D eigenvalue weighted by atomic mass is 9.87. The van der Waals surface area contributed by atoms with Crippen molar-refractivity contribution in [3.63, 3.8) is 0 Å². The fraction of sp³-hybridized carbons (Fsp3) is 0.259. The van der Waals surface area contributed by atoms with E-state index in [-0.39, 0.29) is 17.6 Å². The van der Waals surface area contributed by atoms with Crippen molar-refractivity contribution >= 4 is 11.6 Å². The number of halogens is 3. The molecule has 0 aliphatic carbocycles. The van der Waals surface area contributed by atoms with E-state index >= 15 is 0 Å². The van der Waals surface area contributed by atoms with Gasteiger partial charge in [-0.1, -0.05) is 48.0 Å². The molecule has 0 aromatic heterocycles. The third-order valence-corrected chi connectivity index (χ3v) is 6.15. The van der Waals surface area contributed by atoms with Gasteiger partial charge < -0.3 is 4.74 Å². The molecule has 0 saturated heterocycles. The Balaban J connectivity index is 1.34. The van der Waals surface area contributed by atoms with Gasteiger partial charge in [0.25, 0.3) is 0 Å². The summed E-state index contributed by atoms with van der Waals surface area (Å²) in [6, 6.07) is 20.7. The lowest BCUT2D eigenvalue weighted by Gasteiger charge is -2.27. The Morgan fingerprint density at radius 3 is 2.06 bits per heavy atom. The normalized spacial score (nSPS) is 14.4. The molecule has 5 heteroatoms. The molecule has 0 N–H and O–H groups in total. The highest BCUT2D eigenvalue weighted by molar-refractivity contribution is 6.32. The van der Waals surface area contributed by atoms with E-state index in [9.17, 15) is 8.78 Å². The van der Waals surface area contributed by atoms with Crippen molar-refractivity contribution in [3.8, 4) is 5.75 Å². The predicted octanol–water partition coefficient (Wildman–Crippen LogP) is 7.20. The van der Waals surface area contributed by atoms with Gasteiger partial charge >= 0.3 is 0 Å². The molecule has 32 heavy (non-hydrogen) atoms. The summed E-state index contributed by atoms with van der Waals surface area (Å²) in [5.74, 6) is 1.25. The van der Waals surface area contributed by atoms with Crippen molar-refractivity contribution in [2.75, 3.05) is 19.6 Å². The first-order valence-electron chi connectivity index (χ1n) is 10.9. The third-order valence-electron chi connectivity index (χ3n) is 5.84. The Kier molecular flexibility index (Phi) is 7.56. The fourth-order valence-corrected chi connectivity index (χ4v) is 4.27. The first kappa shape index (κ1) is 22.5. The van der Waals surface area contributed by atoms with Gasteiger partial charge in [0.15, 0.2) is 0 Å². The molecule has 0 radical (unpaired) electrons. The minimum Gasteiger partial charge on any atom is -0.460 e. The Morgan fingerprint density at radius 1 is 0.875 bits per heavy atom. The summed E-state index contributed by atoms with van der Waals surface area (Å²) < 4.78 is 32.8. The maximum Gasteiger partial charge on any atom is 0.145 e. The van der Waals surface area contributed by atoms with Crippen LogP contribution in [0.3, 0.4) is 0 Å². The summed E-state index contributed by atoms with van der Waals surface area (Å²) >= 11 is 6.18. The van der Waals surface area contributed by atoms with Crippen LogP contribution in [0.2, 0.25) is 5.02 Å². The fourth-order valence-electron chi connectivity index (χ4n) is 4.09. The van der Waals surface area contributed by atoms with Gasteiger partial charge in [-0.25, -0.2) is 8.78 Å². The van der Waals surface area contributed by atoms with Gasteiger partial charge in [-0.2, -0.15) is 0 Å². The van der Waals surface area contributed by atoms with Gasteiger partial charge in [-0.15, -0.1) is 0 Å². The summed E-state index contributed by atoms with van der Waals surface area (Å²) in [5, 5.41) is 0.614. The topological polar surface area (TPSA) is 12.5 Å². The van der Waals surface area contributed by atoms with Crippen molar-refractivity contribution in [1.82, 2.24) is 4.90 Å². The summed E-state index contributed by atoms with van der Waals surface area (Å²) in [5.41, 5.74) is 2.10. The summed E-state index contributed by atoms with van der Waals surface area (Å²) in [6.45, 7) is 2.71. The van der Waals surface area contributed by atoms with E-state index in [4.69, 9.17) is 16.3 Å². The van der Waals surface area contributed by atoms with Crippen molar-refractivity contribution < 1.29 is 13.5 Å². The van der Waals surface area contributed by atoms with Crippen LogP contribution in [-0.4, -0.2) is 24.5 Å². The van der Waals surface area contributed by atoms with E-state index in [2.05, 4.69) is 11.0 Å². The van der Waals surface area contributed by atoms with Gasteiger partial charge in [0.1, 0.15) is 23.1 Å². The SMILES string of the molecule is Fc1ccc(C(CCCN2CC=C(Oc3ccccc3Cl)CC2)c2ccc(F)cc2)cc1. The number of nitrogens with zero attached hydrogens (tertiary/aromatic N) is 1. The molecule has 0 saturated carbocycles. The zero-order valence-electron chi connectivity index (χ0n) is 17.8. The maximum atomic E-state index is 13.4. The van der Waals surface area contributed by atoms with Crippen LogP contribution in [0, 0.1) is 11.6 Å². The molecule has 0 atom stereocenters. The predicted molar refractivity (Wildman–Crippen MR) is 125 cm³/mol. The number of hydrogen-bond donors (Lipinski definition) is 0. The molecule has 0 spiro atoms. The largest absolute Gasteiger partial charge is 0.460 e. The van der Waals surface area contributed by atoms with Gasteiger partial charge in [0.2, 0.25) is 0 Å². The lowest BCUT2D eigenvalue weighted by molar-refractivity contribution is 0.256. The zero-order valence-corrected chi connectivity index (χ0v) is 18.6. The summed E-state index contributed by atoms with van der Waals surface area (Å²) in [7, 11) is 0. The quantitative estimate of drug-likeness (QED) is 0.357. The van der Waals surface area contributed by atoms with Gasteiger partial charge in [-0.05, 0) is 73.0 Å². The number of para-hydroxylation sites is 1. The van der Waals surface area contributed by atoms with Crippen LogP contribution in [0.1, 0.15) is 36.3 Å². The monoisotopic (exact) mass is 453 g/mol. The molecule has 3 aromatic carbocycles. The zero-order chi connectivity index (χ0) is 22.3. The van der Waals surface area contributed by atoms with Crippen molar-refractivity contribution in [2.24, 2.45) is 0 Å². The van der Waals surface area contributed by atoms with E-state index in [1.54, 1.807) is 0 Å². The van der Waals surface area contributed by atoms with E-state index in [0.29, 0.717) is 10.8 Å². The molecule has 1 aliphatic heterocycles. The molecule has 0 fully saturated rings. The highest BCUT2D eigenvalue weighted by Crippen LogP contribution is 2.30. The van der Waals surface area contributed by atoms with Crippen LogP contribution in [0.15, 0.2) is 84.6 Å². The standard InChI is InChI=1S/C27H26ClF2NO/c28-26-5-1-2-6-27(26)32-24-15-18-31(19-16-24)17-3-4-25(20-7-11-22(29)12-8-20)21-9-13-23(30)14-10-21/h1-2,5-15,25H,3-4,16-19H2. The first-order chi connectivity index (χ1) is 15.6. The van der Waals surface area contributed by atoms with E-state index in [0.717, 1.165) is 55.8 Å². The van der Waals surface area contributed by atoms with Gasteiger partial charge in [0, 0.05) is 25.4 Å². The van der Waals surface area contributed by atoms with Crippen LogP contribution in [0.5, 0.6) is 5.75 Å².